The average molecular weight is 192 g/mol. The van der Waals surface area contributed by atoms with Crippen LogP contribution in [0.25, 0.3) is 5.65 Å². The number of anilines is 1. The van der Waals surface area contributed by atoms with Gasteiger partial charge in [-0.1, -0.05) is 0 Å². The van der Waals surface area contributed by atoms with E-state index in [1.807, 2.05) is 17.6 Å². The second kappa shape index (κ2) is 4.01. The summed E-state index contributed by atoms with van der Waals surface area (Å²) in [4.78, 5) is 4.19. The van der Waals surface area contributed by atoms with Crippen molar-refractivity contribution in [1.82, 2.24) is 24.9 Å². The minimum Gasteiger partial charge on any atom is -0.366 e. The summed E-state index contributed by atoms with van der Waals surface area (Å²) in [6, 6.07) is 0. The molecule has 0 fully saturated rings. The number of nitrogens with zero attached hydrogens (tertiary/aromatic N) is 4. The van der Waals surface area contributed by atoms with Crippen molar-refractivity contribution in [2.45, 2.75) is 0 Å². The van der Waals surface area contributed by atoms with E-state index >= 15 is 0 Å². The Morgan fingerprint density at radius 1 is 1.43 bits per heavy atom. The summed E-state index contributed by atoms with van der Waals surface area (Å²) in [7, 11) is 1.91. The van der Waals surface area contributed by atoms with Crippen LogP contribution in [-0.2, 0) is 0 Å². The van der Waals surface area contributed by atoms with E-state index in [0.29, 0.717) is 0 Å². The minimum atomic E-state index is 0.753. The third kappa shape index (κ3) is 1.64. The normalized spacial score (nSPS) is 10.6. The van der Waals surface area contributed by atoms with Gasteiger partial charge in [0.15, 0.2) is 5.82 Å². The third-order valence-electron chi connectivity index (χ3n) is 1.88. The van der Waals surface area contributed by atoms with Crippen LogP contribution in [0.4, 0.5) is 5.82 Å². The Hall–Kier alpha value is -1.69. The summed E-state index contributed by atoms with van der Waals surface area (Å²) in [6.07, 6.45) is 5.19. The summed E-state index contributed by atoms with van der Waals surface area (Å²) in [6.45, 7) is 1.70. The van der Waals surface area contributed by atoms with Crippen LogP contribution in [0.15, 0.2) is 18.7 Å². The second-order valence-corrected chi connectivity index (χ2v) is 2.87. The Balaban J connectivity index is 2.19. The van der Waals surface area contributed by atoms with Gasteiger partial charge in [0.1, 0.15) is 6.33 Å². The van der Waals surface area contributed by atoms with Gasteiger partial charge in [0.2, 0.25) is 5.65 Å². The van der Waals surface area contributed by atoms with Gasteiger partial charge in [0, 0.05) is 25.5 Å². The SMILES string of the molecule is CNCCNc1nccn2cnnc12. The molecule has 0 amide bonds. The van der Waals surface area contributed by atoms with Gasteiger partial charge >= 0.3 is 0 Å². The molecule has 6 heteroatoms. The number of hydrogen-bond donors (Lipinski definition) is 2. The molecule has 0 aliphatic rings. The molecule has 2 N–H and O–H groups in total. The van der Waals surface area contributed by atoms with Crippen molar-refractivity contribution >= 4 is 11.5 Å². The molecule has 0 spiro atoms. The molecule has 0 saturated heterocycles. The van der Waals surface area contributed by atoms with Gasteiger partial charge in [-0.2, -0.15) is 0 Å². The topological polar surface area (TPSA) is 67.1 Å². The van der Waals surface area contributed by atoms with Gasteiger partial charge in [-0.15, -0.1) is 10.2 Å². The number of likely N-dealkylation sites (N-methyl/N-ethyl adjacent to an activating group) is 1. The number of fused-ring (bicyclic) bond motifs is 1. The number of hydrogen-bond acceptors (Lipinski definition) is 5. The highest BCUT2D eigenvalue weighted by atomic mass is 15.2. The van der Waals surface area contributed by atoms with Crippen molar-refractivity contribution in [2.75, 3.05) is 25.5 Å². The van der Waals surface area contributed by atoms with E-state index in [-0.39, 0.29) is 0 Å². The number of rotatable bonds is 4. The van der Waals surface area contributed by atoms with Crippen molar-refractivity contribution in [3.05, 3.63) is 18.7 Å². The molecular formula is C8H12N6. The largest absolute Gasteiger partial charge is 0.366 e. The summed E-state index contributed by atoms with van der Waals surface area (Å²) < 4.78 is 1.83. The second-order valence-electron chi connectivity index (χ2n) is 2.87. The smallest absolute Gasteiger partial charge is 0.203 e. The molecule has 0 saturated carbocycles. The van der Waals surface area contributed by atoms with E-state index in [9.17, 15) is 0 Å². The van der Waals surface area contributed by atoms with E-state index in [1.54, 1.807) is 12.5 Å². The molecule has 14 heavy (non-hydrogen) atoms. The monoisotopic (exact) mass is 192 g/mol. The lowest BCUT2D eigenvalue weighted by Crippen LogP contribution is -2.18. The van der Waals surface area contributed by atoms with Gasteiger partial charge < -0.3 is 10.6 Å². The van der Waals surface area contributed by atoms with Crippen LogP contribution in [0.3, 0.4) is 0 Å². The zero-order valence-electron chi connectivity index (χ0n) is 7.94. The zero-order valence-corrected chi connectivity index (χ0v) is 7.94. The van der Waals surface area contributed by atoms with Crippen LogP contribution >= 0.6 is 0 Å². The van der Waals surface area contributed by atoms with Gasteiger partial charge in [0.25, 0.3) is 0 Å². The van der Waals surface area contributed by atoms with E-state index in [0.717, 1.165) is 24.6 Å². The quantitative estimate of drug-likeness (QED) is 0.654. The van der Waals surface area contributed by atoms with E-state index in [1.165, 1.54) is 0 Å². The highest BCUT2D eigenvalue weighted by Gasteiger charge is 2.02. The van der Waals surface area contributed by atoms with Crippen molar-refractivity contribution in [1.29, 1.82) is 0 Å². The maximum Gasteiger partial charge on any atom is 0.203 e. The predicted octanol–water partition coefficient (Wildman–Crippen LogP) is -0.244. The lowest BCUT2D eigenvalue weighted by atomic mass is 10.5. The fourth-order valence-electron chi connectivity index (χ4n) is 1.19. The average Bonchev–Trinajstić information content (AvgIpc) is 2.67. The molecule has 0 bridgehead atoms. The molecule has 2 heterocycles. The van der Waals surface area contributed by atoms with Crippen molar-refractivity contribution < 1.29 is 0 Å². The lowest BCUT2D eigenvalue weighted by molar-refractivity contribution is 0.821. The summed E-state index contributed by atoms with van der Waals surface area (Å²) in [5, 5.41) is 14.0. The maximum absolute atomic E-state index is 4.19. The fourth-order valence-corrected chi connectivity index (χ4v) is 1.19. The van der Waals surface area contributed by atoms with Crippen LogP contribution in [-0.4, -0.2) is 39.7 Å². The van der Waals surface area contributed by atoms with Crippen LogP contribution in [0.5, 0.6) is 0 Å². The summed E-state index contributed by atoms with van der Waals surface area (Å²) in [5.41, 5.74) is 0.753. The molecule has 0 aliphatic carbocycles. The summed E-state index contributed by atoms with van der Waals surface area (Å²) in [5.74, 6) is 0.764. The van der Waals surface area contributed by atoms with Gasteiger partial charge in [-0.25, -0.2) is 4.98 Å². The summed E-state index contributed by atoms with van der Waals surface area (Å²) >= 11 is 0. The van der Waals surface area contributed by atoms with Crippen LogP contribution in [0, 0.1) is 0 Å². The minimum absolute atomic E-state index is 0.753. The molecule has 0 unspecified atom stereocenters. The fraction of sp³-hybridized carbons (Fsp3) is 0.375. The molecule has 0 aromatic carbocycles. The Kier molecular flexibility index (Phi) is 2.55. The lowest BCUT2D eigenvalue weighted by Gasteiger charge is -2.04. The number of aromatic nitrogens is 4. The standard InChI is InChI=1S/C8H12N6/c1-9-2-3-10-7-8-13-12-6-14(8)5-4-11-7/h4-6,9H,2-3H2,1H3,(H,10,11). The Morgan fingerprint density at radius 2 is 2.36 bits per heavy atom. The molecule has 2 aromatic heterocycles. The first kappa shape index (κ1) is 8.89. The van der Waals surface area contributed by atoms with Gasteiger partial charge in [0.05, 0.1) is 0 Å². The number of nitrogens with one attached hydrogen (secondary N) is 2. The molecule has 0 atom stereocenters. The highest BCUT2D eigenvalue weighted by Crippen LogP contribution is 2.08. The van der Waals surface area contributed by atoms with Crippen LogP contribution in [0.2, 0.25) is 0 Å². The molecule has 6 nitrogen and oxygen atoms in total. The Labute approximate surface area is 81.4 Å². The molecule has 2 aromatic rings. The van der Waals surface area contributed by atoms with Crippen molar-refractivity contribution in [3.8, 4) is 0 Å². The highest BCUT2D eigenvalue weighted by molar-refractivity contribution is 5.61. The third-order valence-corrected chi connectivity index (χ3v) is 1.88. The maximum atomic E-state index is 4.19. The van der Waals surface area contributed by atoms with Gasteiger partial charge in [-0.05, 0) is 7.05 Å². The first-order chi connectivity index (χ1) is 6.92. The van der Waals surface area contributed by atoms with E-state index in [2.05, 4.69) is 25.8 Å². The van der Waals surface area contributed by atoms with E-state index in [4.69, 9.17) is 0 Å². The first-order valence-corrected chi connectivity index (χ1v) is 4.44. The van der Waals surface area contributed by atoms with Crippen LogP contribution in [0.1, 0.15) is 0 Å². The molecule has 2 rings (SSSR count). The zero-order chi connectivity index (χ0) is 9.80. The van der Waals surface area contributed by atoms with Crippen molar-refractivity contribution in [3.63, 3.8) is 0 Å². The first-order valence-electron chi connectivity index (χ1n) is 4.44. The molecular weight excluding hydrogens is 180 g/mol. The van der Waals surface area contributed by atoms with E-state index < -0.39 is 0 Å². The van der Waals surface area contributed by atoms with Crippen LogP contribution < -0.4 is 10.6 Å². The molecule has 74 valence electrons. The molecule has 0 aliphatic heterocycles. The Morgan fingerprint density at radius 3 is 3.21 bits per heavy atom. The van der Waals surface area contributed by atoms with Crippen molar-refractivity contribution in [2.24, 2.45) is 0 Å². The Bertz CT molecular complexity index is 409. The van der Waals surface area contributed by atoms with Gasteiger partial charge in [-0.3, -0.25) is 4.40 Å². The predicted molar refractivity (Wildman–Crippen MR) is 53.2 cm³/mol. The molecule has 0 radical (unpaired) electrons.